The van der Waals surface area contributed by atoms with Crippen LogP contribution in [0.15, 0.2) is 24.3 Å². The molecule has 3 rings (SSSR count). The average molecular weight is 341 g/mol. The molecule has 2 fully saturated rings. The van der Waals surface area contributed by atoms with Crippen LogP contribution in [0.4, 0.5) is 0 Å². The van der Waals surface area contributed by atoms with Crippen molar-refractivity contribution in [2.24, 2.45) is 5.41 Å². The molecular formula is C20H27N3O2. The second-order valence-corrected chi connectivity index (χ2v) is 7.48. The Morgan fingerprint density at radius 3 is 2.88 bits per heavy atom. The van der Waals surface area contributed by atoms with E-state index in [1.807, 2.05) is 29.2 Å². The lowest BCUT2D eigenvalue weighted by molar-refractivity contribution is -0.139. The van der Waals surface area contributed by atoms with E-state index in [2.05, 4.69) is 11.0 Å². The molecule has 2 aliphatic heterocycles. The van der Waals surface area contributed by atoms with E-state index in [0.29, 0.717) is 19.4 Å². The molecular weight excluding hydrogens is 314 g/mol. The summed E-state index contributed by atoms with van der Waals surface area (Å²) in [5, 5.41) is 18.4. The van der Waals surface area contributed by atoms with Gasteiger partial charge in [-0.2, -0.15) is 5.26 Å². The maximum Gasteiger partial charge on any atom is 0.222 e. The van der Waals surface area contributed by atoms with Crippen LogP contribution in [0.3, 0.4) is 0 Å². The molecule has 1 amide bonds. The Hall–Kier alpha value is -1.90. The summed E-state index contributed by atoms with van der Waals surface area (Å²) in [5.74, 6) is 0.228. The molecule has 0 aromatic heterocycles. The molecule has 25 heavy (non-hydrogen) atoms. The molecule has 0 radical (unpaired) electrons. The van der Waals surface area contributed by atoms with Gasteiger partial charge in [0.05, 0.1) is 11.6 Å². The van der Waals surface area contributed by atoms with Crippen molar-refractivity contribution in [2.75, 3.05) is 32.8 Å². The molecule has 5 heteroatoms. The second kappa shape index (κ2) is 7.99. The van der Waals surface area contributed by atoms with Gasteiger partial charge in [-0.1, -0.05) is 18.2 Å². The monoisotopic (exact) mass is 341 g/mol. The standard InChI is InChI=1S/C20H27N3O2/c21-13-17-5-1-2-6-18(17)14-22-10-3-8-20(15-22)9-7-19(25)23(16-20)11-4-12-24/h1-2,5-6,24H,3-4,7-12,14-16H2/t20-/m1/s1. The van der Waals surface area contributed by atoms with Crippen LogP contribution in [0.5, 0.6) is 0 Å². The quantitative estimate of drug-likeness (QED) is 0.891. The van der Waals surface area contributed by atoms with Gasteiger partial charge in [0.2, 0.25) is 5.91 Å². The molecule has 0 bridgehead atoms. The highest BCUT2D eigenvalue weighted by molar-refractivity contribution is 5.77. The van der Waals surface area contributed by atoms with E-state index in [9.17, 15) is 10.1 Å². The molecule has 1 aromatic rings. The predicted octanol–water partition coefficient (Wildman–Crippen LogP) is 2.15. The summed E-state index contributed by atoms with van der Waals surface area (Å²) in [4.78, 5) is 16.6. The number of piperidine rings is 2. The Kier molecular flexibility index (Phi) is 5.72. The van der Waals surface area contributed by atoms with Gasteiger partial charge in [0.15, 0.2) is 0 Å². The van der Waals surface area contributed by atoms with E-state index in [1.165, 1.54) is 0 Å². The zero-order valence-corrected chi connectivity index (χ0v) is 14.8. The van der Waals surface area contributed by atoms with E-state index < -0.39 is 0 Å². The highest BCUT2D eigenvalue weighted by atomic mass is 16.3. The van der Waals surface area contributed by atoms with E-state index in [1.54, 1.807) is 0 Å². The van der Waals surface area contributed by atoms with Gasteiger partial charge in [0.1, 0.15) is 0 Å². The van der Waals surface area contributed by atoms with Crippen molar-refractivity contribution in [3.63, 3.8) is 0 Å². The minimum absolute atomic E-state index is 0.133. The molecule has 0 saturated carbocycles. The minimum Gasteiger partial charge on any atom is -0.396 e. The van der Waals surface area contributed by atoms with E-state index >= 15 is 0 Å². The third kappa shape index (κ3) is 4.20. The first-order chi connectivity index (χ1) is 12.2. The normalized spacial score (nSPS) is 24.5. The van der Waals surface area contributed by atoms with Crippen LogP contribution >= 0.6 is 0 Å². The summed E-state index contributed by atoms with van der Waals surface area (Å²) in [7, 11) is 0. The molecule has 1 N–H and O–H groups in total. The molecule has 134 valence electrons. The third-order valence-corrected chi connectivity index (χ3v) is 5.61. The smallest absolute Gasteiger partial charge is 0.222 e. The number of likely N-dealkylation sites (tertiary alicyclic amines) is 2. The number of carbonyl (C=O) groups excluding carboxylic acids is 1. The number of rotatable bonds is 5. The van der Waals surface area contributed by atoms with E-state index in [-0.39, 0.29) is 17.9 Å². The first-order valence-corrected chi connectivity index (χ1v) is 9.25. The number of hydrogen-bond donors (Lipinski definition) is 1. The molecule has 1 spiro atoms. The van der Waals surface area contributed by atoms with Crippen molar-refractivity contribution in [3.05, 3.63) is 35.4 Å². The molecule has 1 atom stereocenters. The number of carbonyl (C=O) groups is 1. The van der Waals surface area contributed by atoms with Crippen molar-refractivity contribution in [3.8, 4) is 6.07 Å². The number of amides is 1. The predicted molar refractivity (Wildman–Crippen MR) is 95.6 cm³/mol. The molecule has 0 aliphatic carbocycles. The van der Waals surface area contributed by atoms with Crippen LogP contribution in [-0.4, -0.2) is 53.6 Å². The van der Waals surface area contributed by atoms with Crippen LogP contribution in [0.25, 0.3) is 0 Å². The molecule has 2 saturated heterocycles. The van der Waals surface area contributed by atoms with E-state index in [0.717, 1.165) is 56.6 Å². The van der Waals surface area contributed by atoms with Crippen molar-refractivity contribution in [1.29, 1.82) is 5.26 Å². The number of aliphatic hydroxyl groups is 1. The van der Waals surface area contributed by atoms with Gasteiger partial charge < -0.3 is 10.0 Å². The van der Waals surface area contributed by atoms with Crippen molar-refractivity contribution in [1.82, 2.24) is 9.80 Å². The first-order valence-electron chi connectivity index (χ1n) is 9.25. The Bertz CT molecular complexity index is 655. The lowest BCUT2D eigenvalue weighted by Crippen LogP contribution is -2.54. The van der Waals surface area contributed by atoms with Gasteiger partial charge in [0, 0.05) is 44.6 Å². The zero-order valence-electron chi connectivity index (χ0n) is 14.8. The highest BCUT2D eigenvalue weighted by Gasteiger charge is 2.41. The molecule has 2 aliphatic rings. The fraction of sp³-hybridized carbons (Fsp3) is 0.600. The Morgan fingerprint density at radius 2 is 2.08 bits per heavy atom. The molecule has 0 unspecified atom stereocenters. The lowest BCUT2D eigenvalue weighted by atomic mass is 9.73. The number of benzene rings is 1. The van der Waals surface area contributed by atoms with Gasteiger partial charge in [-0.05, 0) is 43.9 Å². The summed E-state index contributed by atoms with van der Waals surface area (Å²) in [6.07, 6.45) is 4.52. The van der Waals surface area contributed by atoms with Gasteiger partial charge in [-0.3, -0.25) is 9.69 Å². The molecule has 5 nitrogen and oxygen atoms in total. The number of aliphatic hydroxyl groups excluding tert-OH is 1. The third-order valence-electron chi connectivity index (χ3n) is 5.61. The Balaban J connectivity index is 1.68. The summed E-state index contributed by atoms with van der Waals surface area (Å²) in [6.45, 7) is 4.43. The second-order valence-electron chi connectivity index (χ2n) is 7.48. The Morgan fingerprint density at radius 1 is 1.24 bits per heavy atom. The maximum absolute atomic E-state index is 12.2. The topological polar surface area (TPSA) is 67.6 Å². The van der Waals surface area contributed by atoms with Gasteiger partial charge >= 0.3 is 0 Å². The fourth-order valence-electron chi connectivity index (χ4n) is 4.35. The largest absolute Gasteiger partial charge is 0.396 e. The van der Waals surface area contributed by atoms with Gasteiger partial charge in [0.25, 0.3) is 0 Å². The summed E-state index contributed by atoms with van der Waals surface area (Å²) in [6, 6.07) is 10.1. The first kappa shape index (κ1) is 17.9. The van der Waals surface area contributed by atoms with Crippen LogP contribution < -0.4 is 0 Å². The lowest BCUT2D eigenvalue weighted by Gasteiger charge is -2.48. The Labute approximate surface area is 149 Å². The van der Waals surface area contributed by atoms with Crippen molar-refractivity contribution >= 4 is 5.91 Å². The van der Waals surface area contributed by atoms with Crippen LogP contribution in [0, 0.1) is 16.7 Å². The average Bonchev–Trinajstić information content (AvgIpc) is 2.63. The molecule has 1 aromatic carbocycles. The van der Waals surface area contributed by atoms with E-state index in [4.69, 9.17) is 5.11 Å². The van der Waals surface area contributed by atoms with Crippen LogP contribution in [-0.2, 0) is 11.3 Å². The van der Waals surface area contributed by atoms with Gasteiger partial charge in [-0.25, -0.2) is 0 Å². The number of nitrogens with zero attached hydrogens (tertiary/aromatic N) is 3. The van der Waals surface area contributed by atoms with Crippen LogP contribution in [0.2, 0.25) is 0 Å². The number of hydrogen-bond acceptors (Lipinski definition) is 4. The molecule has 2 heterocycles. The highest BCUT2D eigenvalue weighted by Crippen LogP contribution is 2.39. The summed E-state index contributed by atoms with van der Waals surface area (Å²) in [5.41, 5.74) is 2.01. The van der Waals surface area contributed by atoms with Crippen molar-refractivity contribution in [2.45, 2.75) is 38.6 Å². The summed E-state index contributed by atoms with van der Waals surface area (Å²) >= 11 is 0. The maximum atomic E-state index is 12.2. The van der Waals surface area contributed by atoms with Gasteiger partial charge in [-0.15, -0.1) is 0 Å². The van der Waals surface area contributed by atoms with Crippen molar-refractivity contribution < 1.29 is 9.90 Å². The number of nitriles is 1. The SMILES string of the molecule is N#Cc1ccccc1CN1CCC[C@@]2(CCC(=O)N(CCCO)C2)C1. The zero-order chi connectivity index (χ0) is 17.7. The van der Waals surface area contributed by atoms with Crippen LogP contribution in [0.1, 0.15) is 43.2 Å². The fourth-order valence-corrected chi connectivity index (χ4v) is 4.35. The summed E-state index contributed by atoms with van der Waals surface area (Å²) < 4.78 is 0. The minimum atomic E-state index is 0.133.